The van der Waals surface area contributed by atoms with Crippen LogP contribution in [0.2, 0.25) is 0 Å². The second-order valence-electron chi connectivity index (χ2n) is 4.09. The number of rotatable bonds is 8. The quantitative estimate of drug-likeness (QED) is 0.649. The lowest BCUT2D eigenvalue weighted by molar-refractivity contribution is -0.121. The number of para-hydroxylation sites is 1. The molecule has 1 atom stereocenters. The average molecular weight is 368 g/mol. The Morgan fingerprint density at radius 1 is 1.45 bits per heavy atom. The number of nitrogens with two attached hydrogens (primary N) is 1. The molecule has 0 saturated heterocycles. The third-order valence-corrected chi connectivity index (χ3v) is 3.07. The van der Waals surface area contributed by atoms with E-state index in [9.17, 15) is 9.90 Å². The molecule has 0 aliphatic heterocycles. The molecule has 0 saturated carbocycles. The minimum Gasteiger partial charge on any atom is -0.490 e. The van der Waals surface area contributed by atoms with Crippen molar-refractivity contribution < 1.29 is 14.6 Å². The van der Waals surface area contributed by atoms with Crippen LogP contribution in [0.25, 0.3) is 0 Å². The molecule has 0 radical (unpaired) electrons. The molecule has 20 heavy (non-hydrogen) atoms. The summed E-state index contributed by atoms with van der Waals surface area (Å²) in [6.45, 7) is 0.786. The molecule has 1 amide bonds. The van der Waals surface area contributed by atoms with Crippen LogP contribution in [0.5, 0.6) is 5.75 Å². The number of amides is 1. The van der Waals surface area contributed by atoms with Crippen LogP contribution < -0.4 is 15.8 Å². The second-order valence-corrected chi connectivity index (χ2v) is 4.95. The predicted octanol–water partition coefficient (Wildman–Crippen LogP) is 1.47. The molecule has 1 aromatic rings. The number of hydrogen-bond acceptors (Lipinski definition) is 4. The normalized spacial score (nSPS) is 11.3. The lowest BCUT2D eigenvalue weighted by Gasteiger charge is -2.14. The van der Waals surface area contributed by atoms with Crippen molar-refractivity contribution in [3.8, 4) is 5.75 Å². The van der Waals surface area contributed by atoms with Crippen LogP contribution in [0.4, 0.5) is 0 Å². The maximum absolute atomic E-state index is 11.3. The Morgan fingerprint density at radius 3 is 2.80 bits per heavy atom. The molecule has 7 heteroatoms. The Labute approximate surface area is 133 Å². The number of hydrogen-bond donors (Lipinski definition) is 3. The van der Waals surface area contributed by atoms with Crippen molar-refractivity contribution in [3.05, 3.63) is 28.7 Å². The van der Waals surface area contributed by atoms with Gasteiger partial charge in [0.2, 0.25) is 5.91 Å². The van der Waals surface area contributed by atoms with Gasteiger partial charge >= 0.3 is 0 Å². The van der Waals surface area contributed by atoms with Gasteiger partial charge in [0.1, 0.15) is 18.5 Å². The fourth-order valence-electron chi connectivity index (χ4n) is 1.39. The van der Waals surface area contributed by atoms with Crippen LogP contribution in [0.3, 0.4) is 0 Å². The van der Waals surface area contributed by atoms with Gasteiger partial charge in [0.25, 0.3) is 0 Å². The van der Waals surface area contributed by atoms with Gasteiger partial charge in [-0.2, -0.15) is 0 Å². The molecule has 0 bridgehead atoms. The Balaban J connectivity index is 0.00000361. The van der Waals surface area contributed by atoms with Crippen LogP contribution in [0.15, 0.2) is 28.7 Å². The van der Waals surface area contributed by atoms with Gasteiger partial charge in [-0.3, -0.25) is 4.79 Å². The summed E-state index contributed by atoms with van der Waals surface area (Å²) in [4.78, 5) is 11.3. The van der Waals surface area contributed by atoms with Crippen LogP contribution in [-0.4, -0.2) is 36.8 Å². The molecule has 5 nitrogen and oxygen atoms in total. The van der Waals surface area contributed by atoms with E-state index < -0.39 is 6.10 Å². The smallest absolute Gasteiger partial charge is 0.220 e. The third kappa shape index (κ3) is 7.69. The Bertz CT molecular complexity index is 407. The number of nitrogens with one attached hydrogen (secondary N) is 1. The molecular weight excluding hydrogens is 348 g/mol. The van der Waals surface area contributed by atoms with Crippen LogP contribution in [0.1, 0.15) is 12.8 Å². The van der Waals surface area contributed by atoms with Crippen molar-refractivity contribution in [2.75, 3.05) is 19.7 Å². The number of aliphatic hydroxyl groups is 1. The number of carbonyl (C=O) groups is 1. The van der Waals surface area contributed by atoms with E-state index in [1.54, 1.807) is 6.07 Å². The van der Waals surface area contributed by atoms with Gasteiger partial charge in [0, 0.05) is 13.0 Å². The van der Waals surface area contributed by atoms with Crippen LogP contribution >= 0.6 is 28.3 Å². The van der Waals surface area contributed by atoms with Crippen molar-refractivity contribution in [3.63, 3.8) is 0 Å². The molecule has 0 aromatic heterocycles. The lowest BCUT2D eigenvalue weighted by Crippen LogP contribution is -2.35. The summed E-state index contributed by atoms with van der Waals surface area (Å²) < 4.78 is 6.27. The summed E-state index contributed by atoms with van der Waals surface area (Å²) in [6.07, 6.45) is 0.290. The molecule has 1 aromatic carbocycles. The topological polar surface area (TPSA) is 84.6 Å². The Hall–Kier alpha value is -0.820. The predicted molar refractivity (Wildman–Crippen MR) is 84.2 cm³/mol. The SMILES string of the molecule is Cl.NCCCC(=O)NCC(O)COc1ccccc1Br. The summed E-state index contributed by atoms with van der Waals surface area (Å²) in [7, 11) is 0. The number of aliphatic hydroxyl groups excluding tert-OH is 1. The fourth-order valence-corrected chi connectivity index (χ4v) is 1.79. The Morgan fingerprint density at radius 2 is 2.15 bits per heavy atom. The molecule has 114 valence electrons. The van der Waals surface area contributed by atoms with Gasteiger partial charge in [-0.25, -0.2) is 0 Å². The van der Waals surface area contributed by atoms with E-state index in [0.29, 0.717) is 25.1 Å². The van der Waals surface area contributed by atoms with E-state index in [-0.39, 0.29) is 31.5 Å². The number of benzene rings is 1. The van der Waals surface area contributed by atoms with Crippen LogP contribution in [0, 0.1) is 0 Å². The first-order valence-electron chi connectivity index (χ1n) is 6.15. The van der Waals surface area contributed by atoms with Crippen molar-refractivity contribution in [1.82, 2.24) is 5.32 Å². The highest BCUT2D eigenvalue weighted by atomic mass is 79.9. The lowest BCUT2D eigenvalue weighted by atomic mass is 10.3. The molecule has 1 unspecified atom stereocenters. The van der Waals surface area contributed by atoms with Gasteiger partial charge in [-0.05, 0) is 41.0 Å². The monoisotopic (exact) mass is 366 g/mol. The van der Waals surface area contributed by atoms with E-state index in [1.807, 2.05) is 18.2 Å². The van der Waals surface area contributed by atoms with Gasteiger partial charge < -0.3 is 20.9 Å². The third-order valence-electron chi connectivity index (χ3n) is 2.41. The minimum atomic E-state index is -0.742. The van der Waals surface area contributed by atoms with Gasteiger partial charge in [-0.15, -0.1) is 12.4 Å². The molecule has 4 N–H and O–H groups in total. The Kier molecular flexibility index (Phi) is 10.5. The fraction of sp³-hybridized carbons (Fsp3) is 0.462. The summed E-state index contributed by atoms with van der Waals surface area (Å²) in [6, 6.07) is 7.39. The molecule has 0 spiro atoms. The number of carbonyl (C=O) groups excluding carboxylic acids is 1. The molecule has 0 fully saturated rings. The number of ether oxygens (including phenoxy) is 1. The zero-order chi connectivity index (χ0) is 14.1. The highest BCUT2D eigenvalue weighted by Crippen LogP contribution is 2.23. The molecular formula is C13H20BrClN2O3. The first-order chi connectivity index (χ1) is 9.13. The zero-order valence-electron chi connectivity index (χ0n) is 11.0. The standard InChI is InChI=1S/C13H19BrN2O3.ClH/c14-11-4-1-2-5-12(11)19-9-10(17)8-16-13(18)6-3-7-15;/h1-2,4-5,10,17H,3,6-9,15H2,(H,16,18);1H. The maximum atomic E-state index is 11.3. The summed E-state index contributed by atoms with van der Waals surface area (Å²) in [5.41, 5.74) is 5.31. The molecule has 1 rings (SSSR count). The zero-order valence-corrected chi connectivity index (χ0v) is 13.5. The average Bonchev–Trinajstić information content (AvgIpc) is 2.42. The van der Waals surface area contributed by atoms with Crippen molar-refractivity contribution in [2.45, 2.75) is 18.9 Å². The second kappa shape index (κ2) is 10.9. The highest BCUT2D eigenvalue weighted by Gasteiger charge is 2.08. The molecule has 0 heterocycles. The summed E-state index contributed by atoms with van der Waals surface area (Å²) in [5, 5.41) is 12.3. The maximum Gasteiger partial charge on any atom is 0.220 e. The van der Waals surface area contributed by atoms with Crippen molar-refractivity contribution in [2.24, 2.45) is 5.73 Å². The van der Waals surface area contributed by atoms with E-state index >= 15 is 0 Å². The highest BCUT2D eigenvalue weighted by molar-refractivity contribution is 9.10. The van der Waals surface area contributed by atoms with Gasteiger partial charge in [0.15, 0.2) is 0 Å². The molecule has 0 aliphatic carbocycles. The van der Waals surface area contributed by atoms with Crippen LogP contribution in [-0.2, 0) is 4.79 Å². The van der Waals surface area contributed by atoms with Crippen molar-refractivity contribution >= 4 is 34.2 Å². The van der Waals surface area contributed by atoms with Gasteiger partial charge in [0.05, 0.1) is 4.47 Å². The first kappa shape index (κ1) is 19.2. The molecule has 0 aliphatic rings. The van der Waals surface area contributed by atoms with E-state index in [0.717, 1.165) is 4.47 Å². The van der Waals surface area contributed by atoms with E-state index in [4.69, 9.17) is 10.5 Å². The first-order valence-corrected chi connectivity index (χ1v) is 6.95. The summed E-state index contributed by atoms with van der Waals surface area (Å²) >= 11 is 3.35. The number of halogens is 2. The minimum absolute atomic E-state index is 0. The largest absolute Gasteiger partial charge is 0.490 e. The van der Waals surface area contributed by atoms with Crippen molar-refractivity contribution in [1.29, 1.82) is 0 Å². The van der Waals surface area contributed by atoms with E-state index in [2.05, 4.69) is 21.2 Å². The van der Waals surface area contributed by atoms with Gasteiger partial charge in [-0.1, -0.05) is 12.1 Å². The summed E-state index contributed by atoms with van der Waals surface area (Å²) in [5.74, 6) is 0.557. The van der Waals surface area contributed by atoms with E-state index in [1.165, 1.54) is 0 Å².